The van der Waals surface area contributed by atoms with E-state index in [0.717, 1.165) is 5.39 Å². The molecule has 122 valence electrons. The molecule has 0 bridgehead atoms. The lowest BCUT2D eigenvalue weighted by Gasteiger charge is -2.28. The average molecular weight is 337 g/mol. The molecule has 0 saturated carbocycles. The van der Waals surface area contributed by atoms with Crippen molar-refractivity contribution >= 4 is 34.4 Å². The number of H-pyrrole nitrogens is 1. The Balaban J connectivity index is 1.69. The minimum Gasteiger partial charge on any atom is -0.378 e. The Morgan fingerprint density at radius 2 is 2.13 bits per heavy atom. The number of carbonyl (C=O) groups excluding carboxylic acids is 2. The molecule has 3 heterocycles. The summed E-state index contributed by atoms with van der Waals surface area (Å²) in [7, 11) is 1.60. The Morgan fingerprint density at radius 1 is 1.39 bits per heavy atom. The summed E-state index contributed by atoms with van der Waals surface area (Å²) >= 11 is 5.89. The van der Waals surface area contributed by atoms with Crippen molar-refractivity contribution in [3.05, 3.63) is 29.0 Å². The van der Waals surface area contributed by atoms with E-state index in [4.69, 9.17) is 16.3 Å². The molecule has 1 N–H and O–H groups in total. The minimum absolute atomic E-state index is 0.0301. The number of nitrogens with zero attached hydrogens (tertiary/aromatic N) is 3. The largest absolute Gasteiger partial charge is 0.378 e. The van der Waals surface area contributed by atoms with Crippen LogP contribution in [0.5, 0.6) is 0 Å². The minimum atomic E-state index is -0.263. The number of likely N-dealkylation sites (N-methyl/N-ethyl adjacent to an activating group) is 1. The van der Waals surface area contributed by atoms with Gasteiger partial charge >= 0.3 is 0 Å². The van der Waals surface area contributed by atoms with E-state index in [-0.39, 0.29) is 18.4 Å². The maximum absolute atomic E-state index is 12.5. The number of aromatic amines is 1. The van der Waals surface area contributed by atoms with Crippen LogP contribution < -0.4 is 0 Å². The second-order valence-electron chi connectivity index (χ2n) is 5.43. The SMILES string of the molecule is CN(CC(=O)N1CCOCC1)C(=O)c1cc2cc(Cl)cnc2[nH]1. The fourth-order valence-corrected chi connectivity index (χ4v) is 2.66. The molecule has 2 amide bonds. The van der Waals surface area contributed by atoms with E-state index in [1.165, 1.54) is 11.1 Å². The first kappa shape index (κ1) is 15.8. The van der Waals surface area contributed by atoms with Crippen LogP contribution in [0.15, 0.2) is 18.3 Å². The number of fused-ring (bicyclic) bond motifs is 1. The van der Waals surface area contributed by atoms with E-state index in [9.17, 15) is 9.59 Å². The number of ether oxygens (including phenoxy) is 1. The third-order valence-electron chi connectivity index (χ3n) is 3.75. The van der Waals surface area contributed by atoms with Crippen LogP contribution in [0, 0.1) is 0 Å². The second-order valence-corrected chi connectivity index (χ2v) is 5.87. The predicted molar refractivity (Wildman–Crippen MR) is 85.5 cm³/mol. The van der Waals surface area contributed by atoms with E-state index in [1.807, 2.05) is 0 Å². The molecular formula is C15H17ClN4O3. The number of amides is 2. The third-order valence-corrected chi connectivity index (χ3v) is 3.96. The molecule has 0 atom stereocenters. The van der Waals surface area contributed by atoms with Crippen LogP contribution in [0.3, 0.4) is 0 Å². The Bertz CT molecular complexity index is 739. The third kappa shape index (κ3) is 3.46. The molecule has 2 aromatic rings. The summed E-state index contributed by atoms with van der Waals surface area (Å²) in [4.78, 5) is 34.8. The monoisotopic (exact) mass is 336 g/mol. The Morgan fingerprint density at radius 3 is 2.87 bits per heavy atom. The molecular weight excluding hydrogens is 320 g/mol. The summed E-state index contributed by atoms with van der Waals surface area (Å²) < 4.78 is 5.22. The zero-order valence-corrected chi connectivity index (χ0v) is 13.5. The van der Waals surface area contributed by atoms with Crippen molar-refractivity contribution in [3.63, 3.8) is 0 Å². The number of carbonyl (C=O) groups is 2. The molecule has 0 aromatic carbocycles. The molecule has 7 nitrogen and oxygen atoms in total. The van der Waals surface area contributed by atoms with Gasteiger partial charge in [-0.3, -0.25) is 9.59 Å². The van der Waals surface area contributed by atoms with Crippen LogP contribution in [-0.4, -0.2) is 71.5 Å². The second kappa shape index (κ2) is 6.55. The first-order valence-electron chi connectivity index (χ1n) is 7.30. The molecule has 0 radical (unpaired) electrons. The lowest BCUT2D eigenvalue weighted by Crippen LogP contribution is -2.46. The zero-order chi connectivity index (χ0) is 16.4. The summed E-state index contributed by atoms with van der Waals surface area (Å²) in [6, 6.07) is 3.42. The Labute approximate surface area is 138 Å². The number of hydrogen-bond acceptors (Lipinski definition) is 4. The highest BCUT2D eigenvalue weighted by Gasteiger charge is 2.22. The molecule has 2 aromatic heterocycles. The van der Waals surface area contributed by atoms with E-state index < -0.39 is 0 Å². The summed E-state index contributed by atoms with van der Waals surface area (Å²) in [6.45, 7) is 2.24. The number of aromatic nitrogens is 2. The van der Waals surface area contributed by atoms with E-state index >= 15 is 0 Å². The van der Waals surface area contributed by atoms with Crippen LogP contribution in [0.4, 0.5) is 0 Å². The summed E-state index contributed by atoms with van der Waals surface area (Å²) in [5.41, 5.74) is 0.970. The molecule has 0 unspecified atom stereocenters. The van der Waals surface area contributed by atoms with Gasteiger partial charge in [-0.15, -0.1) is 0 Å². The van der Waals surface area contributed by atoms with Gasteiger partial charge in [-0.1, -0.05) is 11.6 Å². The van der Waals surface area contributed by atoms with Gasteiger partial charge in [0.1, 0.15) is 11.3 Å². The van der Waals surface area contributed by atoms with Crippen LogP contribution in [0.25, 0.3) is 11.0 Å². The number of halogens is 1. The molecule has 1 aliphatic heterocycles. The fourth-order valence-electron chi connectivity index (χ4n) is 2.50. The fraction of sp³-hybridized carbons (Fsp3) is 0.400. The zero-order valence-electron chi connectivity index (χ0n) is 12.7. The predicted octanol–water partition coefficient (Wildman–Crippen LogP) is 1.15. The normalized spacial score (nSPS) is 15.0. The topological polar surface area (TPSA) is 78.5 Å². The maximum Gasteiger partial charge on any atom is 0.270 e. The van der Waals surface area contributed by atoms with Crippen LogP contribution in [-0.2, 0) is 9.53 Å². The Kier molecular flexibility index (Phi) is 4.49. The average Bonchev–Trinajstić information content (AvgIpc) is 2.97. The molecule has 8 heteroatoms. The van der Waals surface area contributed by atoms with Crippen molar-refractivity contribution in [2.75, 3.05) is 39.9 Å². The lowest BCUT2D eigenvalue weighted by molar-refractivity contribution is -0.135. The number of pyridine rings is 1. The highest BCUT2D eigenvalue weighted by atomic mass is 35.5. The molecule has 0 aliphatic carbocycles. The molecule has 3 rings (SSSR count). The number of morpholine rings is 1. The number of nitrogens with one attached hydrogen (secondary N) is 1. The standard InChI is InChI=1S/C15H17ClN4O3/c1-19(9-13(21)20-2-4-23-5-3-20)15(22)12-7-10-6-11(16)8-17-14(10)18-12/h6-8H,2-5,9H2,1H3,(H,17,18). The number of rotatable bonds is 3. The summed E-state index contributed by atoms with van der Waals surface area (Å²) in [5.74, 6) is -0.345. The van der Waals surface area contributed by atoms with Gasteiger partial charge in [0, 0.05) is 31.7 Å². The van der Waals surface area contributed by atoms with Gasteiger partial charge in [-0.05, 0) is 12.1 Å². The molecule has 1 saturated heterocycles. The molecule has 1 fully saturated rings. The lowest BCUT2D eigenvalue weighted by atomic mass is 10.3. The van der Waals surface area contributed by atoms with Gasteiger partial charge in [0.05, 0.1) is 24.8 Å². The van der Waals surface area contributed by atoms with Gasteiger partial charge in [0.2, 0.25) is 5.91 Å². The van der Waals surface area contributed by atoms with Crippen molar-refractivity contribution in [2.24, 2.45) is 0 Å². The number of hydrogen-bond donors (Lipinski definition) is 1. The molecule has 1 aliphatic rings. The van der Waals surface area contributed by atoms with Crippen LogP contribution in [0.2, 0.25) is 5.02 Å². The summed E-state index contributed by atoms with van der Waals surface area (Å²) in [5, 5.41) is 1.26. The van der Waals surface area contributed by atoms with Crippen molar-refractivity contribution in [2.45, 2.75) is 0 Å². The maximum atomic E-state index is 12.5. The van der Waals surface area contributed by atoms with Crippen LogP contribution >= 0.6 is 11.6 Å². The van der Waals surface area contributed by atoms with Gasteiger partial charge in [-0.25, -0.2) is 4.98 Å². The first-order valence-corrected chi connectivity index (χ1v) is 7.67. The highest BCUT2D eigenvalue weighted by Crippen LogP contribution is 2.18. The van der Waals surface area contributed by atoms with Crippen molar-refractivity contribution < 1.29 is 14.3 Å². The molecule has 23 heavy (non-hydrogen) atoms. The van der Waals surface area contributed by atoms with Crippen LogP contribution in [0.1, 0.15) is 10.5 Å². The summed E-state index contributed by atoms with van der Waals surface area (Å²) in [6.07, 6.45) is 1.51. The highest BCUT2D eigenvalue weighted by molar-refractivity contribution is 6.31. The van der Waals surface area contributed by atoms with Gasteiger partial charge < -0.3 is 19.5 Å². The quantitative estimate of drug-likeness (QED) is 0.912. The first-order chi connectivity index (χ1) is 11.0. The van der Waals surface area contributed by atoms with Gasteiger partial charge in [-0.2, -0.15) is 0 Å². The molecule has 0 spiro atoms. The van der Waals surface area contributed by atoms with Crippen molar-refractivity contribution in [1.82, 2.24) is 19.8 Å². The van der Waals surface area contributed by atoms with Gasteiger partial charge in [0.25, 0.3) is 5.91 Å². The Hall–Kier alpha value is -2.12. The van der Waals surface area contributed by atoms with E-state index in [0.29, 0.717) is 42.7 Å². The van der Waals surface area contributed by atoms with Crippen molar-refractivity contribution in [1.29, 1.82) is 0 Å². The van der Waals surface area contributed by atoms with Gasteiger partial charge in [0.15, 0.2) is 0 Å². The van der Waals surface area contributed by atoms with E-state index in [1.54, 1.807) is 24.1 Å². The smallest absolute Gasteiger partial charge is 0.270 e. The van der Waals surface area contributed by atoms with Crippen molar-refractivity contribution in [3.8, 4) is 0 Å². The van der Waals surface area contributed by atoms with E-state index in [2.05, 4.69) is 9.97 Å².